The number of hydrogen-bond donors (Lipinski definition) is 1. The maximum atomic E-state index is 5.75. The molecule has 2 rings (SSSR count). The highest BCUT2D eigenvalue weighted by molar-refractivity contribution is 5.30. The van der Waals surface area contributed by atoms with Crippen LogP contribution in [0.5, 0.6) is 11.5 Å². The normalized spacial score (nSPS) is 11.9. The van der Waals surface area contributed by atoms with E-state index in [0.717, 1.165) is 17.9 Å². The van der Waals surface area contributed by atoms with E-state index in [9.17, 15) is 0 Å². The van der Waals surface area contributed by atoms with Crippen LogP contribution >= 0.6 is 0 Å². The molecule has 2 aromatic rings. The molecule has 3 heteroatoms. The first-order chi connectivity index (χ1) is 10.3. The SMILES string of the molecule is CCC(NC)c1cccc(OCCOc2ccccc2)c1. The zero-order valence-corrected chi connectivity index (χ0v) is 12.7. The van der Waals surface area contributed by atoms with Crippen LogP contribution in [-0.4, -0.2) is 20.3 Å². The first-order valence-corrected chi connectivity index (χ1v) is 7.41. The minimum Gasteiger partial charge on any atom is -0.490 e. The number of benzene rings is 2. The topological polar surface area (TPSA) is 30.5 Å². The molecule has 0 aromatic heterocycles. The smallest absolute Gasteiger partial charge is 0.122 e. The van der Waals surface area contributed by atoms with Crippen molar-refractivity contribution in [1.29, 1.82) is 0 Å². The Morgan fingerprint density at radius 2 is 1.57 bits per heavy atom. The van der Waals surface area contributed by atoms with E-state index in [1.165, 1.54) is 5.56 Å². The van der Waals surface area contributed by atoms with Crippen molar-refractivity contribution in [2.75, 3.05) is 20.3 Å². The summed E-state index contributed by atoms with van der Waals surface area (Å²) >= 11 is 0. The maximum absolute atomic E-state index is 5.75. The van der Waals surface area contributed by atoms with E-state index >= 15 is 0 Å². The van der Waals surface area contributed by atoms with Crippen LogP contribution in [0.1, 0.15) is 24.9 Å². The molecular formula is C18H23NO2. The summed E-state index contributed by atoms with van der Waals surface area (Å²) in [5.74, 6) is 1.76. The van der Waals surface area contributed by atoms with Crippen molar-refractivity contribution in [3.05, 3.63) is 60.2 Å². The van der Waals surface area contributed by atoms with Crippen LogP contribution in [0.2, 0.25) is 0 Å². The fourth-order valence-corrected chi connectivity index (χ4v) is 2.26. The molecule has 1 atom stereocenters. The highest BCUT2D eigenvalue weighted by Gasteiger charge is 2.07. The van der Waals surface area contributed by atoms with Crippen LogP contribution in [-0.2, 0) is 0 Å². The molecule has 1 unspecified atom stereocenters. The largest absolute Gasteiger partial charge is 0.490 e. The Hall–Kier alpha value is -2.00. The van der Waals surface area contributed by atoms with Gasteiger partial charge < -0.3 is 14.8 Å². The van der Waals surface area contributed by atoms with E-state index in [4.69, 9.17) is 9.47 Å². The molecule has 0 spiro atoms. The predicted molar refractivity (Wildman–Crippen MR) is 86.0 cm³/mol. The Balaban J connectivity index is 1.82. The van der Waals surface area contributed by atoms with Gasteiger partial charge in [-0.25, -0.2) is 0 Å². The Kier molecular flexibility index (Phi) is 6.10. The van der Waals surface area contributed by atoms with Gasteiger partial charge in [0.05, 0.1) is 0 Å². The van der Waals surface area contributed by atoms with Crippen molar-refractivity contribution in [3.63, 3.8) is 0 Å². The number of hydrogen-bond acceptors (Lipinski definition) is 3. The third kappa shape index (κ3) is 4.80. The third-order valence-corrected chi connectivity index (χ3v) is 3.38. The fourth-order valence-electron chi connectivity index (χ4n) is 2.26. The summed E-state index contributed by atoms with van der Waals surface area (Å²) in [5.41, 5.74) is 1.25. The van der Waals surface area contributed by atoms with Crippen LogP contribution < -0.4 is 14.8 Å². The number of ether oxygens (including phenoxy) is 2. The number of nitrogens with one attached hydrogen (secondary N) is 1. The molecular weight excluding hydrogens is 262 g/mol. The molecule has 0 aliphatic rings. The van der Waals surface area contributed by atoms with Crippen LogP contribution in [0.4, 0.5) is 0 Å². The average molecular weight is 285 g/mol. The van der Waals surface area contributed by atoms with E-state index in [2.05, 4.69) is 24.4 Å². The summed E-state index contributed by atoms with van der Waals surface area (Å²) in [6.07, 6.45) is 1.05. The Labute approximate surface area is 126 Å². The van der Waals surface area contributed by atoms with Gasteiger partial charge in [0.25, 0.3) is 0 Å². The molecule has 0 aliphatic heterocycles. The highest BCUT2D eigenvalue weighted by Crippen LogP contribution is 2.21. The Bertz CT molecular complexity index is 524. The Morgan fingerprint density at radius 1 is 0.905 bits per heavy atom. The standard InChI is InChI=1S/C18H23NO2/c1-3-18(19-2)15-8-7-11-17(14-15)21-13-12-20-16-9-5-4-6-10-16/h4-11,14,18-19H,3,12-13H2,1-2H3. The van der Waals surface area contributed by atoms with Gasteiger partial charge >= 0.3 is 0 Å². The summed E-state index contributed by atoms with van der Waals surface area (Å²) in [7, 11) is 1.98. The molecule has 2 aromatic carbocycles. The summed E-state index contributed by atoms with van der Waals surface area (Å²) in [4.78, 5) is 0. The predicted octanol–water partition coefficient (Wildman–Crippen LogP) is 3.81. The molecule has 0 saturated carbocycles. The highest BCUT2D eigenvalue weighted by atomic mass is 16.5. The van der Waals surface area contributed by atoms with Crippen molar-refractivity contribution in [1.82, 2.24) is 5.32 Å². The van der Waals surface area contributed by atoms with Gasteiger partial charge in [-0.2, -0.15) is 0 Å². The minimum absolute atomic E-state index is 0.370. The number of rotatable bonds is 8. The van der Waals surface area contributed by atoms with E-state index in [1.807, 2.05) is 49.5 Å². The van der Waals surface area contributed by atoms with Gasteiger partial charge in [-0.05, 0) is 43.3 Å². The summed E-state index contributed by atoms with van der Waals surface area (Å²) in [6, 6.07) is 18.4. The molecule has 0 radical (unpaired) electrons. The van der Waals surface area contributed by atoms with Crippen molar-refractivity contribution < 1.29 is 9.47 Å². The monoisotopic (exact) mass is 285 g/mol. The minimum atomic E-state index is 0.370. The summed E-state index contributed by atoms with van der Waals surface area (Å²) < 4.78 is 11.4. The van der Waals surface area contributed by atoms with Crippen LogP contribution in [0.15, 0.2) is 54.6 Å². The second-order valence-corrected chi connectivity index (χ2v) is 4.83. The molecule has 0 bridgehead atoms. The lowest BCUT2D eigenvalue weighted by atomic mass is 10.0. The van der Waals surface area contributed by atoms with E-state index in [-0.39, 0.29) is 0 Å². The molecule has 0 fully saturated rings. The third-order valence-electron chi connectivity index (χ3n) is 3.38. The van der Waals surface area contributed by atoms with E-state index in [0.29, 0.717) is 19.3 Å². The maximum Gasteiger partial charge on any atom is 0.122 e. The van der Waals surface area contributed by atoms with Gasteiger partial charge in [-0.1, -0.05) is 37.3 Å². The summed E-state index contributed by atoms with van der Waals surface area (Å²) in [5, 5.41) is 3.30. The van der Waals surface area contributed by atoms with Gasteiger partial charge in [0.1, 0.15) is 24.7 Å². The zero-order chi connectivity index (χ0) is 14.9. The van der Waals surface area contributed by atoms with E-state index < -0.39 is 0 Å². The van der Waals surface area contributed by atoms with Gasteiger partial charge in [-0.3, -0.25) is 0 Å². The van der Waals surface area contributed by atoms with Crippen LogP contribution in [0, 0.1) is 0 Å². The lowest BCUT2D eigenvalue weighted by Gasteiger charge is -2.15. The zero-order valence-electron chi connectivity index (χ0n) is 12.7. The Morgan fingerprint density at radius 3 is 2.24 bits per heavy atom. The molecule has 3 nitrogen and oxygen atoms in total. The van der Waals surface area contributed by atoms with Crippen molar-refractivity contribution >= 4 is 0 Å². The molecule has 112 valence electrons. The number of para-hydroxylation sites is 1. The molecule has 1 N–H and O–H groups in total. The first kappa shape index (κ1) is 15.4. The summed E-state index contributed by atoms with van der Waals surface area (Å²) in [6.45, 7) is 3.24. The van der Waals surface area contributed by atoms with Crippen molar-refractivity contribution in [2.24, 2.45) is 0 Å². The quantitative estimate of drug-likeness (QED) is 0.748. The average Bonchev–Trinajstić information content (AvgIpc) is 2.54. The van der Waals surface area contributed by atoms with Gasteiger partial charge in [0, 0.05) is 6.04 Å². The van der Waals surface area contributed by atoms with Crippen LogP contribution in [0.25, 0.3) is 0 Å². The van der Waals surface area contributed by atoms with Gasteiger partial charge in [-0.15, -0.1) is 0 Å². The lowest BCUT2D eigenvalue weighted by Crippen LogP contribution is -2.15. The first-order valence-electron chi connectivity index (χ1n) is 7.41. The second kappa shape index (κ2) is 8.32. The molecule has 0 saturated heterocycles. The van der Waals surface area contributed by atoms with Crippen molar-refractivity contribution in [2.45, 2.75) is 19.4 Å². The second-order valence-electron chi connectivity index (χ2n) is 4.83. The fraction of sp³-hybridized carbons (Fsp3) is 0.333. The van der Waals surface area contributed by atoms with Gasteiger partial charge in [0.15, 0.2) is 0 Å². The lowest BCUT2D eigenvalue weighted by molar-refractivity contribution is 0.217. The molecule has 0 aliphatic carbocycles. The molecule has 0 heterocycles. The van der Waals surface area contributed by atoms with Crippen molar-refractivity contribution in [3.8, 4) is 11.5 Å². The molecule has 21 heavy (non-hydrogen) atoms. The van der Waals surface area contributed by atoms with Crippen LogP contribution in [0.3, 0.4) is 0 Å². The van der Waals surface area contributed by atoms with Gasteiger partial charge in [0.2, 0.25) is 0 Å². The van der Waals surface area contributed by atoms with E-state index in [1.54, 1.807) is 0 Å². The molecule has 0 amide bonds.